The van der Waals surface area contributed by atoms with E-state index in [1.165, 1.54) is 0 Å². The van der Waals surface area contributed by atoms with E-state index < -0.39 is 8.32 Å². The van der Waals surface area contributed by atoms with E-state index >= 15 is 0 Å². The van der Waals surface area contributed by atoms with Gasteiger partial charge in [0.05, 0.1) is 13.2 Å². The minimum Gasteiger partial charge on any atom is -0.414 e. The van der Waals surface area contributed by atoms with Crippen LogP contribution in [0.4, 0.5) is 0 Å². The molecule has 0 aliphatic heterocycles. The largest absolute Gasteiger partial charge is 0.414 e. The zero-order chi connectivity index (χ0) is 13.3. The summed E-state index contributed by atoms with van der Waals surface area (Å²) >= 11 is 0. The summed E-state index contributed by atoms with van der Waals surface area (Å²) in [5, 5.41) is 19.0. The smallest absolute Gasteiger partial charge is 0.192 e. The van der Waals surface area contributed by atoms with Gasteiger partial charge in [-0.2, -0.15) is 0 Å². The maximum absolute atomic E-state index is 9.39. The summed E-state index contributed by atoms with van der Waals surface area (Å²) in [5.41, 5.74) is -0.299. The molecule has 102 valence electrons. The van der Waals surface area contributed by atoms with Crippen molar-refractivity contribution in [2.24, 2.45) is 5.41 Å². The highest BCUT2D eigenvalue weighted by Crippen LogP contribution is 2.43. The minimum absolute atomic E-state index is 0.0703. The lowest BCUT2D eigenvalue weighted by Gasteiger charge is -2.38. The average molecular weight is 260 g/mol. The van der Waals surface area contributed by atoms with Crippen LogP contribution in [0, 0.1) is 5.41 Å². The second kappa shape index (κ2) is 5.00. The van der Waals surface area contributed by atoms with Crippen molar-refractivity contribution in [3.05, 3.63) is 0 Å². The molecule has 0 amide bonds. The van der Waals surface area contributed by atoms with E-state index in [1.54, 1.807) is 0 Å². The Kier molecular flexibility index (Phi) is 4.45. The summed E-state index contributed by atoms with van der Waals surface area (Å²) in [6.07, 6.45) is 2.86. The molecule has 2 N–H and O–H groups in total. The first kappa shape index (κ1) is 15.2. The molecule has 0 aromatic heterocycles. The molecule has 1 atom stereocenters. The van der Waals surface area contributed by atoms with Crippen molar-refractivity contribution in [1.29, 1.82) is 0 Å². The highest BCUT2D eigenvalue weighted by atomic mass is 28.4. The number of rotatable bonds is 4. The maximum atomic E-state index is 9.39. The van der Waals surface area contributed by atoms with Crippen LogP contribution in [0.25, 0.3) is 0 Å². The number of aliphatic hydroxyl groups excluding tert-OH is 2. The summed E-state index contributed by atoms with van der Waals surface area (Å²) in [7, 11) is -1.72. The molecule has 0 bridgehead atoms. The van der Waals surface area contributed by atoms with E-state index in [9.17, 15) is 10.2 Å². The van der Waals surface area contributed by atoms with Gasteiger partial charge in [0.1, 0.15) is 0 Å². The summed E-state index contributed by atoms with van der Waals surface area (Å²) in [6, 6.07) is 0. The van der Waals surface area contributed by atoms with Gasteiger partial charge in [0, 0.05) is 11.5 Å². The van der Waals surface area contributed by atoms with Gasteiger partial charge in [-0.15, -0.1) is 0 Å². The fraction of sp³-hybridized carbons (Fsp3) is 1.00. The first-order chi connectivity index (χ1) is 7.66. The molecule has 0 spiro atoms. The lowest BCUT2D eigenvalue weighted by atomic mass is 9.88. The second-order valence-corrected chi connectivity index (χ2v) is 11.8. The number of hydrogen-bond donors (Lipinski definition) is 2. The van der Waals surface area contributed by atoms with Crippen molar-refractivity contribution in [2.75, 3.05) is 13.2 Å². The van der Waals surface area contributed by atoms with Crippen molar-refractivity contribution in [3.63, 3.8) is 0 Å². The SMILES string of the molecule is CC(C)(C)[Si](C)(C)OC1CCC(CO)(CO)C1. The topological polar surface area (TPSA) is 49.7 Å². The van der Waals surface area contributed by atoms with Gasteiger partial charge < -0.3 is 14.6 Å². The van der Waals surface area contributed by atoms with Crippen molar-refractivity contribution in [3.8, 4) is 0 Å². The van der Waals surface area contributed by atoms with Crippen molar-refractivity contribution >= 4 is 8.32 Å². The first-order valence-corrected chi connectivity index (χ1v) is 9.46. The van der Waals surface area contributed by atoms with Crippen LogP contribution in [0.5, 0.6) is 0 Å². The molecule has 1 rings (SSSR count). The Morgan fingerprint density at radius 2 is 1.76 bits per heavy atom. The quantitative estimate of drug-likeness (QED) is 0.764. The molecule has 17 heavy (non-hydrogen) atoms. The lowest BCUT2D eigenvalue weighted by molar-refractivity contribution is 0.0481. The fourth-order valence-electron chi connectivity index (χ4n) is 2.19. The van der Waals surface area contributed by atoms with Crippen molar-refractivity contribution in [1.82, 2.24) is 0 Å². The molecule has 1 unspecified atom stereocenters. The van der Waals surface area contributed by atoms with E-state index in [2.05, 4.69) is 33.9 Å². The molecular weight excluding hydrogens is 232 g/mol. The Bertz CT molecular complexity index is 254. The molecule has 1 aliphatic carbocycles. The predicted octanol–water partition coefficient (Wildman–Crippen LogP) is 2.53. The second-order valence-electron chi connectivity index (χ2n) is 7.06. The van der Waals surface area contributed by atoms with Gasteiger partial charge in [-0.3, -0.25) is 0 Å². The van der Waals surface area contributed by atoms with Crippen molar-refractivity contribution < 1.29 is 14.6 Å². The van der Waals surface area contributed by atoms with Crippen LogP contribution >= 0.6 is 0 Å². The van der Waals surface area contributed by atoms with Gasteiger partial charge in [0.2, 0.25) is 0 Å². The van der Waals surface area contributed by atoms with Gasteiger partial charge in [-0.05, 0) is 37.4 Å². The summed E-state index contributed by atoms with van der Waals surface area (Å²) in [4.78, 5) is 0. The van der Waals surface area contributed by atoms with Crippen LogP contribution in [0.15, 0.2) is 0 Å². The van der Waals surface area contributed by atoms with E-state index in [-0.39, 0.29) is 29.8 Å². The lowest BCUT2D eigenvalue weighted by Crippen LogP contribution is -2.43. The molecule has 0 aromatic carbocycles. The molecule has 0 radical (unpaired) electrons. The third-order valence-electron chi connectivity index (χ3n) is 4.60. The van der Waals surface area contributed by atoms with Crippen LogP contribution in [0.3, 0.4) is 0 Å². The molecule has 4 heteroatoms. The molecular formula is C13H28O3Si. The van der Waals surface area contributed by atoms with Crippen LogP contribution in [-0.2, 0) is 4.43 Å². The highest BCUT2D eigenvalue weighted by molar-refractivity contribution is 6.74. The molecule has 0 aromatic rings. The number of aliphatic hydroxyl groups is 2. The van der Waals surface area contributed by atoms with E-state index in [0.29, 0.717) is 0 Å². The van der Waals surface area contributed by atoms with Gasteiger partial charge >= 0.3 is 0 Å². The Balaban J connectivity index is 2.62. The van der Waals surface area contributed by atoms with Gasteiger partial charge in [-0.1, -0.05) is 20.8 Å². The average Bonchev–Trinajstić information content (AvgIpc) is 2.60. The van der Waals surface area contributed by atoms with E-state index in [0.717, 1.165) is 19.3 Å². The van der Waals surface area contributed by atoms with Crippen LogP contribution in [0.2, 0.25) is 18.1 Å². The predicted molar refractivity (Wildman–Crippen MR) is 72.5 cm³/mol. The highest BCUT2D eigenvalue weighted by Gasteiger charge is 2.44. The molecule has 1 fully saturated rings. The summed E-state index contributed by atoms with van der Waals surface area (Å²) in [5.74, 6) is 0. The maximum Gasteiger partial charge on any atom is 0.192 e. The molecule has 0 saturated heterocycles. The Morgan fingerprint density at radius 1 is 1.24 bits per heavy atom. The molecule has 1 aliphatic rings. The minimum atomic E-state index is -1.72. The Morgan fingerprint density at radius 3 is 2.12 bits per heavy atom. The third kappa shape index (κ3) is 3.31. The molecule has 3 nitrogen and oxygen atoms in total. The Hall–Kier alpha value is 0.0969. The van der Waals surface area contributed by atoms with Crippen LogP contribution in [-0.4, -0.2) is 37.8 Å². The zero-order valence-corrected chi connectivity index (χ0v) is 12.9. The van der Waals surface area contributed by atoms with Crippen LogP contribution in [0.1, 0.15) is 40.0 Å². The molecule has 1 saturated carbocycles. The Labute approximate surface area is 106 Å². The zero-order valence-electron chi connectivity index (χ0n) is 11.9. The number of hydrogen-bond acceptors (Lipinski definition) is 3. The standard InChI is InChI=1S/C13H28O3Si/c1-12(2,3)17(4,5)16-11-6-7-13(8-11,9-14)10-15/h11,14-15H,6-10H2,1-5H3. The first-order valence-electron chi connectivity index (χ1n) is 6.55. The van der Waals surface area contributed by atoms with Gasteiger partial charge in [0.25, 0.3) is 0 Å². The van der Waals surface area contributed by atoms with E-state index in [1.807, 2.05) is 0 Å². The van der Waals surface area contributed by atoms with Crippen molar-refractivity contribution in [2.45, 2.75) is 64.3 Å². The molecule has 0 heterocycles. The van der Waals surface area contributed by atoms with Gasteiger partial charge in [0.15, 0.2) is 8.32 Å². The normalized spacial score (nSPS) is 25.2. The van der Waals surface area contributed by atoms with E-state index in [4.69, 9.17) is 4.43 Å². The fourth-order valence-corrected chi connectivity index (χ4v) is 3.57. The van der Waals surface area contributed by atoms with Gasteiger partial charge in [-0.25, -0.2) is 0 Å². The van der Waals surface area contributed by atoms with Crippen LogP contribution < -0.4 is 0 Å². The summed E-state index contributed by atoms with van der Waals surface area (Å²) < 4.78 is 6.34. The third-order valence-corrected chi connectivity index (χ3v) is 9.13. The monoisotopic (exact) mass is 260 g/mol. The summed E-state index contributed by atoms with van der Waals surface area (Å²) in [6.45, 7) is 11.4.